The molecule has 4 nitrogen and oxygen atoms in total. The van der Waals surface area contributed by atoms with E-state index in [-0.39, 0.29) is 0 Å². The van der Waals surface area contributed by atoms with Crippen LogP contribution in [-0.2, 0) is 13.5 Å². The zero-order chi connectivity index (χ0) is 8.81. The third-order valence-electron chi connectivity index (χ3n) is 1.40. The molecule has 1 aromatic rings. The molecule has 0 spiro atoms. The van der Waals surface area contributed by atoms with Crippen molar-refractivity contribution in [2.45, 2.75) is 6.42 Å². The van der Waals surface area contributed by atoms with E-state index >= 15 is 0 Å². The van der Waals surface area contributed by atoms with Crippen molar-refractivity contribution >= 4 is 0 Å². The zero-order valence-electron chi connectivity index (χ0n) is 7.12. The lowest BCUT2D eigenvalue weighted by Crippen LogP contribution is -2.17. The summed E-state index contributed by atoms with van der Waals surface area (Å²) in [6.45, 7) is 1.43. The molecule has 12 heavy (non-hydrogen) atoms. The van der Waals surface area contributed by atoms with Gasteiger partial charge in [0.05, 0.1) is 6.54 Å². The fraction of sp³-hybridized carbons (Fsp3) is 0.500. The van der Waals surface area contributed by atoms with E-state index in [1.165, 1.54) is 0 Å². The summed E-state index contributed by atoms with van der Waals surface area (Å²) >= 11 is 0. The van der Waals surface area contributed by atoms with E-state index in [4.69, 9.17) is 6.42 Å². The normalized spacial score (nSPS) is 9.67. The monoisotopic (exact) mass is 164 g/mol. The maximum Gasteiger partial charge on any atom is 0.151 e. The van der Waals surface area contributed by atoms with Gasteiger partial charge >= 0.3 is 0 Å². The molecule has 0 fully saturated rings. The Hall–Kier alpha value is -1.34. The highest BCUT2D eigenvalue weighted by molar-refractivity contribution is 4.88. The van der Waals surface area contributed by atoms with E-state index in [0.717, 1.165) is 18.8 Å². The van der Waals surface area contributed by atoms with Gasteiger partial charge in [-0.05, 0) is 0 Å². The Kier molecular flexibility index (Phi) is 3.30. The molecule has 4 heteroatoms. The van der Waals surface area contributed by atoms with Crippen molar-refractivity contribution < 1.29 is 0 Å². The molecule has 0 unspecified atom stereocenters. The number of hydrogen-bond donors (Lipinski definition) is 1. The fourth-order valence-electron chi connectivity index (χ4n) is 0.859. The lowest BCUT2D eigenvalue weighted by molar-refractivity contribution is 0.700. The Balaban J connectivity index is 2.21. The highest BCUT2D eigenvalue weighted by Gasteiger charge is 1.96. The molecule has 1 N–H and O–H groups in total. The van der Waals surface area contributed by atoms with Crippen LogP contribution in [0.25, 0.3) is 0 Å². The van der Waals surface area contributed by atoms with Crippen LogP contribution in [0.1, 0.15) is 5.82 Å². The highest BCUT2D eigenvalue weighted by Crippen LogP contribution is 1.87. The molecule has 0 amide bonds. The number of terminal acetylenes is 1. The molecule has 0 saturated heterocycles. The summed E-state index contributed by atoms with van der Waals surface area (Å²) in [6, 6.07) is 0. The molecule has 1 heterocycles. The van der Waals surface area contributed by atoms with E-state index in [0.29, 0.717) is 6.54 Å². The van der Waals surface area contributed by atoms with Gasteiger partial charge in [0.25, 0.3) is 0 Å². The standard InChI is InChI=1S/C8H12N4/c1-3-5-9-6-4-8-10-7-12(2)11-8/h1,7,9H,4-6H2,2H3. The highest BCUT2D eigenvalue weighted by atomic mass is 15.3. The summed E-state index contributed by atoms with van der Waals surface area (Å²) in [4.78, 5) is 4.07. The average molecular weight is 164 g/mol. The van der Waals surface area contributed by atoms with Crippen molar-refractivity contribution in [3.8, 4) is 12.3 Å². The molecule has 1 aromatic heterocycles. The Morgan fingerprint density at radius 1 is 1.75 bits per heavy atom. The first kappa shape index (κ1) is 8.75. The second kappa shape index (κ2) is 4.52. The number of hydrogen-bond acceptors (Lipinski definition) is 3. The molecule has 0 atom stereocenters. The van der Waals surface area contributed by atoms with Gasteiger partial charge in [-0.1, -0.05) is 5.92 Å². The van der Waals surface area contributed by atoms with Crippen LogP contribution in [0, 0.1) is 12.3 Å². The second-order valence-electron chi connectivity index (χ2n) is 2.47. The second-order valence-corrected chi connectivity index (χ2v) is 2.47. The predicted molar refractivity (Wildman–Crippen MR) is 46.4 cm³/mol. The Morgan fingerprint density at radius 2 is 2.58 bits per heavy atom. The molecule has 0 saturated carbocycles. The summed E-state index contributed by atoms with van der Waals surface area (Å²) < 4.78 is 1.69. The smallest absolute Gasteiger partial charge is 0.151 e. The van der Waals surface area contributed by atoms with Crippen molar-refractivity contribution in [3.05, 3.63) is 12.2 Å². The van der Waals surface area contributed by atoms with E-state index in [9.17, 15) is 0 Å². The van der Waals surface area contributed by atoms with Crippen molar-refractivity contribution in [1.82, 2.24) is 20.1 Å². The molecule has 0 aliphatic heterocycles. The van der Waals surface area contributed by atoms with Gasteiger partial charge < -0.3 is 5.32 Å². The molecular formula is C8H12N4. The first-order valence-electron chi connectivity index (χ1n) is 3.81. The maximum atomic E-state index is 5.06. The number of aryl methyl sites for hydroxylation is 1. The lowest BCUT2D eigenvalue weighted by Gasteiger charge is -1.95. The van der Waals surface area contributed by atoms with Crippen LogP contribution in [0.3, 0.4) is 0 Å². The molecule has 64 valence electrons. The minimum atomic E-state index is 0.604. The van der Waals surface area contributed by atoms with Crippen LogP contribution in [0.4, 0.5) is 0 Å². The average Bonchev–Trinajstić information content (AvgIpc) is 2.45. The Morgan fingerprint density at radius 3 is 3.17 bits per heavy atom. The molecule has 0 aliphatic rings. The van der Waals surface area contributed by atoms with Gasteiger partial charge in [-0.2, -0.15) is 5.10 Å². The van der Waals surface area contributed by atoms with Crippen LogP contribution in [0.2, 0.25) is 0 Å². The minimum Gasteiger partial charge on any atom is -0.306 e. The van der Waals surface area contributed by atoms with Gasteiger partial charge in [-0.15, -0.1) is 6.42 Å². The molecular weight excluding hydrogens is 152 g/mol. The first-order valence-corrected chi connectivity index (χ1v) is 3.81. The van der Waals surface area contributed by atoms with Crippen molar-refractivity contribution in [2.24, 2.45) is 7.05 Å². The van der Waals surface area contributed by atoms with Crippen LogP contribution in [0.15, 0.2) is 6.33 Å². The van der Waals surface area contributed by atoms with Crippen LogP contribution >= 0.6 is 0 Å². The van der Waals surface area contributed by atoms with Crippen LogP contribution in [-0.4, -0.2) is 27.9 Å². The van der Waals surface area contributed by atoms with Gasteiger partial charge in [-0.3, -0.25) is 4.68 Å². The number of nitrogens with zero attached hydrogens (tertiary/aromatic N) is 3. The van der Waals surface area contributed by atoms with Gasteiger partial charge in [-0.25, -0.2) is 4.98 Å². The van der Waals surface area contributed by atoms with E-state index in [1.807, 2.05) is 7.05 Å². The summed E-state index contributed by atoms with van der Waals surface area (Å²) in [7, 11) is 1.85. The molecule has 0 bridgehead atoms. The Labute approximate surface area is 72.0 Å². The maximum absolute atomic E-state index is 5.06. The van der Waals surface area contributed by atoms with Crippen LogP contribution < -0.4 is 5.32 Å². The summed E-state index contributed by atoms with van der Waals surface area (Å²) in [5, 5.41) is 7.19. The predicted octanol–water partition coefficient (Wildman–Crippen LogP) is -0.420. The van der Waals surface area contributed by atoms with E-state index in [1.54, 1.807) is 11.0 Å². The number of nitrogens with one attached hydrogen (secondary N) is 1. The summed E-state index contributed by atoms with van der Waals surface area (Å²) in [6.07, 6.45) is 7.58. The SMILES string of the molecule is C#CCNCCc1ncn(C)n1. The summed E-state index contributed by atoms with van der Waals surface area (Å²) in [5.41, 5.74) is 0. The van der Waals surface area contributed by atoms with Crippen LogP contribution in [0.5, 0.6) is 0 Å². The van der Waals surface area contributed by atoms with Crippen molar-refractivity contribution in [2.75, 3.05) is 13.1 Å². The third-order valence-corrected chi connectivity index (χ3v) is 1.40. The topological polar surface area (TPSA) is 42.7 Å². The molecule has 0 aliphatic carbocycles. The largest absolute Gasteiger partial charge is 0.306 e. The van der Waals surface area contributed by atoms with Gasteiger partial charge in [0.2, 0.25) is 0 Å². The Bertz CT molecular complexity index is 271. The number of rotatable bonds is 4. The fourth-order valence-corrected chi connectivity index (χ4v) is 0.859. The molecule has 0 aromatic carbocycles. The van der Waals surface area contributed by atoms with Gasteiger partial charge in [0.1, 0.15) is 6.33 Å². The lowest BCUT2D eigenvalue weighted by atomic mass is 10.4. The van der Waals surface area contributed by atoms with Gasteiger partial charge in [0.15, 0.2) is 5.82 Å². The van der Waals surface area contributed by atoms with E-state index in [2.05, 4.69) is 21.3 Å². The van der Waals surface area contributed by atoms with Gasteiger partial charge in [0, 0.05) is 20.0 Å². The van der Waals surface area contributed by atoms with Crippen molar-refractivity contribution in [1.29, 1.82) is 0 Å². The number of aromatic nitrogens is 3. The van der Waals surface area contributed by atoms with E-state index < -0.39 is 0 Å². The first-order chi connectivity index (χ1) is 5.83. The third kappa shape index (κ3) is 2.72. The minimum absolute atomic E-state index is 0.604. The molecule has 0 radical (unpaired) electrons. The van der Waals surface area contributed by atoms with Crippen molar-refractivity contribution in [3.63, 3.8) is 0 Å². The zero-order valence-corrected chi connectivity index (χ0v) is 7.12. The quantitative estimate of drug-likeness (QED) is 0.485. The molecule has 1 rings (SSSR count). The summed E-state index contributed by atoms with van der Waals surface area (Å²) in [5.74, 6) is 3.35.